The van der Waals surface area contributed by atoms with Crippen LogP contribution in [0.1, 0.15) is 76.2 Å². The molecule has 178 valence electrons. The lowest BCUT2D eigenvalue weighted by atomic mass is 9.76. The van der Waals surface area contributed by atoms with E-state index in [9.17, 15) is 30.4 Å². The summed E-state index contributed by atoms with van der Waals surface area (Å²) >= 11 is 0. The van der Waals surface area contributed by atoms with E-state index in [0.29, 0.717) is 5.92 Å². The maximum absolute atomic E-state index is 14.8. The average Bonchev–Trinajstić information content (AvgIpc) is 2.72. The number of fused-ring (bicyclic) bond motifs is 1. The Morgan fingerprint density at radius 3 is 2.31 bits per heavy atom. The van der Waals surface area contributed by atoms with Crippen molar-refractivity contribution in [3.8, 4) is 5.75 Å². The van der Waals surface area contributed by atoms with E-state index in [-0.39, 0.29) is 11.3 Å². The van der Waals surface area contributed by atoms with Gasteiger partial charge in [0.05, 0.1) is 5.39 Å². The van der Waals surface area contributed by atoms with Crippen molar-refractivity contribution in [3.63, 3.8) is 0 Å². The van der Waals surface area contributed by atoms with Crippen LogP contribution >= 0.6 is 0 Å². The third-order valence-electron chi connectivity index (χ3n) is 6.26. The molecule has 0 unspecified atom stereocenters. The number of rotatable bonds is 8. The van der Waals surface area contributed by atoms with Gasteiger partial charge in [-0.25, -0.2) is 8.78 Å². The SMILES string of the molecule is CCCCCCC1CCC(c2cc(F)c3c(F)c(OS(=O)(=O)C(F)(F)F)ccc3c2)CC1. The Morgan fingerprint density at radius 1 is 1.00 bits per heavy atom. The predicted molar refractivity (Wildman–Crippen MR) is 113 cm³/mol. The van der Waals surface area contributed by atoms with Gasteiger partial charge in [-0.3, -0.25) is 0 Å². The second kappa shape index (κ2) is 9.93. The van der Waals surface area contributed by atoms with Crippen LogP contribution in [0.2, 0.25) is 0 Å². The Labute approximate surface area is 185 Å². The molecule has 1 fully saturated rings. The highest BCUT2D eigenvalue weighted by molar-refractivity contribution is 7.88. The van der Waals surface area contributed by atoms with Crippen molar-refractivity contribution in [1.29, 1.82) is 0 Å². The van der Waals surface area contributed by atoms with Crippen LogP contribution in [0.25, 0.3) is 10.8 Å². The topological polar surface area (TPSA) is 43.4 Å². The predicted octanol–water partition coefficient (Wildman–Crippen LogP) is 7.59. The molecule has 0 amide bonds. The smallest absolute Gasteiger partial charge is 0.373 e. The molecule has 1 saturated carbocycles. The van der Waals surface area contributed by atoms with Gasteiger partial charge in [0.1, 0.15) is 5.82 Å². The van der Waals surface area contributed by atoms with Crippen LogP contribution in [0.4, 0.5) is 22.0 Å². The maximum Gasteiger partial charge on any atom is 0.534 e. The minimum Gasteiger partial charge on any atom is -0.373 e. The zero-order valence-electron chi connectivity index (χ0n) is 17.9. The molecule has 0 saturated heterocycles. The van der Waals surface area contributed by atoms with Crippen LogP contribution in [0.5, 0.6) is 5.75 Å². The fourth-order valence-corrected chi connectivity index (χ4v) is 4.94. The molecule has 1 aliphatic rings. The highest BCUT2D eigenvalue weighted by Gasteiger charge is 2.49. The molecule has 0 atom stereocenters. The summed E-state index contributed by atoms with van der Waals surface area (Å²) in [5, 5.41) is -0.441. The van der Waals surface area contributed by atoms with E-state index >= 15 is 0 Å². The van der Waals surface area contributed by atoms with Crippen molar-refractivity contribution < 1.29 is 34.6 Å². The first-order valence-corrected chi connectivity index (χ1v) is 12.4. The molecule has 1 aliphatic carbocycles. The molecular weight excluding hydrogens is 451 g/mol. The van der Waals surface area contributed by atoms with Crippen LogP contribution in [0.3, 0.4) is 0 Å². The van der Waals surface area contributed by atoms with Crippen LogP contribution in [-0.2, 0) is 10.1 Å². The van der Waals surface area contributed by atoms with Crippen molar-refractivity contribution in [2.24, 2.45) is 5.92 Å². The van der Waals surface area contributed by atoms with Gasteiger partial charge >= 0.3 is 15.6 Å². The van der Waals surface area contributed by atoms with Gasteiger partial charge in [0.25, 0.3) is 0 Å². The molecular formula is C23H27F5O3S. The summed E-state index contributed by atoms with van der Waals surface area (Å²) in [6.07, 6.45) is 10.0. The monoisotopic (exact) mass is 478 g/mol. The van der Waals surface area contributed by atoms with Crippen LogP contribution in [0.15, 0.2) is 24.3 Å². The van der Waals surface area contributed by atoms with Gasteiger partial charge < -0.3 is 4.18 Å². The van der Waals surface area contributed by atoms with Gasteiger partial charge in [0, 0.05) is 0 Å². The van der Waals surface area contributed by atoms with Crippen molar-refractivity contribution in [2.45, 2.75) is 76.1 Å². The van der Waals surface area contributed by atoms with Gasteiger partial charge in [0.2, 0.25) is 0 Å². The second-order valence-electron chi connectivity index (χ2n) is 8.53. The van der Waals surface area contributed by atoms with Crippen molar-refractivity contribution in [1.82, 2.24) is 0 Å². The standard InChI is InChI=1S/C23H27F5O3S/c1-2-3-4-5-6-15-7-9-16(10-8-15)18-13-17-11-12-20(22(25)21(17)19(24)14-18)31-32(29,30)23(26,27)28/h11-16H,2-10H2,1H3. The summed E-state index contributed by atoms with van der Waals surface area (Å²) in [5.41, 5.74) is -5.00. The van der Waals surface area contributed by atoms with Crippen molar-refractivity contribution in [2.75, 3.05) is 0 Å². The minimum absolute atomic E-state index is 0.130. The molecule has 32 heavy (non-hydrogen) atoms. The van der Waals surface area contributed by atoms with Gasteiger partial charge in [0.15, 0.2) is 11.6 Å². The van der Waals surface area contributed by atoms with E-state index < -0.39 is 38.4 Å². The fraction of sp³-hybridized carbons (Fsp3) is 0.565. The summed E-state index contributed by atoms with van der Waals surface area (Å²) in [5.74, 6) is -2.82. The Kier molecular flexibility index (Phi) is 7.68. The van der Waals surface area contributed by atoms with Crippen molar-refractivity contribution in [3.05, 3.63) is 41.5 Å². The lowest BCUT2D eigenvalue weighted by Crippen LogP contribution is -2.28. The Balaban J connectivity index is 1.76. The van der Waals surface area contributed by atoms with Gasteiger partial charge in [-0.2, -0.15) is 21.6 Å². The first-order valence-electron chi connectivity index (χ1n) is 11.0. The normalized spacial score (nSPS) is 19.9. The van der Waals surface area contributed by atoms with E-state index in [1.165, 1.54) is 44.2 Å². The Hall–Kier alpha value is -1.90. The Bertz CT molecular complexity index is 1040. The van der Waals surface area contributed by atoms with Gasteiger partial charge in [-0.1, -0.05) is 51.2 Å². The van der Waals surface area contributed by atoms with Crippen LogP contribution in [0, 0.1) is 17.6 Å². The largest absolute Gasteiger partial charge is 0.534 e. The summed E-state index contributed by atoms with van der Waals surface area (Å²) in [6, 6.07) is 4.76. The molecule has 3 nitrogen and oxygen atoms in total. The summed E-state index contributed by atoms with van der Waals surface area (Å²) in [4.78, 5) is 0. The summed E-state index contributed by atoms with van der Waals surface area (Å²) in [7, 11) is -6.06. The van der Waals surface area contributed by atoms with E-state index in [0.717, 1.165) is 37.3 Å². The number of benzene rings is 2. The number of hydrogen-bond acceptors (Lipinski definition) is 3. The highest BCUT2D eigenvalue weighted by atomic mass is 32.2. The number of unbranched alkanes of at least 4 members (excludes halogenated alkanes) is 3. The second-order valence-corrected chi connectivity index (χ2v) is 10.1. The molecule has 0 spiro atoms. The molecule has 2 aromatic carbocycles. The molecule has 3 rings (SSSR count). The number of alkyl halides is 3. The Morgan fingerprint density at radius 2 is 1.69 bits per heavy atom. The number of hydrogen-bond donors (Lipinski definition) is 0. The molecule has 0 N–H and O–H groups in total. The number of halogens is 5. The third-order valence-corrected chi connectivity index (χ3v) is 7.23. The molecule has 0 aliphatic heterocycles. The van der Waals surface area contributed by atoms with Crippen LogP contribution < -0.4 is 4.18 Å². The average molecular weight is 479 g/mol. The maximum atomic E-state index is 14.8. The molecule has 9 heteroatoms. The fourth-order valence-electron chi connectivity index (χ4n) is 4.48. The van der Waals surface area contributed by atoms with E-state index in [4.69, 9.17) is 0 Å². The zero-order chi connectivity index (χ0) is 23.5. The third kappa shape index (κ3) is 5.53. The van der Waals surface area contributed by atoms with E-state index in [2.05, 4.69) is 11.1 Å². The molecule has 0 radical (unpaired) electrons. The molecule has 0 bridgehead atoms. The van der Waals surface area contributed by atoms with E-state index in [1.807, 2.05) is 0 Å². The lowest BCUT2D eigenvalue weighted by Gasteiger charge is -2.29. The minimum atomic E-state index is -6.06. The zero-order valence-corrected chi connectivity index (χ0v) is 18.7. The van der Waals surface area contributed by atoms with Gasteiger partial charge in [-0.15, -0.1) is 0 Å². The highest BCUT2D eigenvalue weighted by Crippen LogP contribution is 2.40. The quantitative estimate of drug-likeness (QED) is 0.170. The lowest BCUT2D eigenvalue weighted by molar-refractivity contribution is -0.0500. The molecule has 0 aromatic heterocycles. The molecule has 0 heterocycles. The molecule has 2 aromatic rings. The van der Waals surface area contributed by atoms with Crippen LogP contribution in [-0.4, -0.2) is 13.9 Å². The summed E-state index contributed by atoms with van der Waals surface area (Å²) < 4.78 is 93.2. The summed E-state index contributed by atoms with van der Waals surface area (Å²) in [6.45, 7) is 2.18. The first kappa shape index (κ1) is 24.7. The van der Waals surface area contributed by atoms with Gasteiger partial charge in [-0.05, 0) is 60.6 Å². The van der Waals surface area contributed by atoms with Crippen molar-refractivity contribution >= 4 is 20.9 Å². The first-order chi connectivity index (χ1) is 15.0. The van der Waals surface area contributed by atoms with E-state index in [1.54, 1.807) is 6.07 Å².